The minimum absolute atomic E-state index is 0.290. The van der Waals surface area contributed by atoms with Crippen LogP contribution in [-0.4, -0.2) is 36.0 Å². The molecule has 144 valence electrons. The summed E-state index contributed by atoms with van der Waals surface area (Å²) in [5.74, 6) is 0. The second kappa shape index (κ2) is 8.35. The minimum atomic E-state index is -3.41. The molecule has 3 rings (SSSR count). The number of nitrogens with zero attached hydrogens (tertiary/aromatic N) is 1. The van der Waals surface area contributed by atoms with Crippen LogP contribution < -0.4 is 10.6 Å². The highest BCUT2D eigenvalue weighted by Crippen LogP contribution is 2.22. The van der Waals surface area contributed by atoms with Gasteiger partial charge < -0.3 is 15.7 Å². The van der Waals surface area contributed by atoms with E-state index in [9.17, 15) is 13.5 Å². The van der Waals surface area contributed by atoms with Gasteiger partial charge in [0.25, 0.3) is 0 Å². The second-order valence-corrected chi connectivity index (χ2v) is 8.86. The predicted molar refractivity (Wildman–Crippen MR) is 111 cm³/mol. The van der Waals surface area contributed by atoms with Gasteiger partial charge in [0.1, 0.15) is 0 Å². The fourth-order valence-electron chi connectivity index (χ4n) is 2.96. The maximum atomic E-state index is 12.5. The average molecular weight is 406 g/mol. The molecule has 1 heterocycles. The van der Waals surface area contributed by atoms with E-state index in [0.29, 0.717) is 28.8 Å². The quantitative estimate of drug-likeness (QED) is 0.662. The third kappa shape index (κ3) is 4.84. The molecule has 0 spiro atoms. The lowest BCUT2D eigenvalue weighted by molar-refractivity contribution is 0.199. The molecule has 2 aromatic rings. The lowest BCUT2D eigenvalue weighted by Crippen LogP contribution is -2.27. The summed E-state index contributed by atoms with van der Waals surface area (Å²) in [6.07, 6.45) is 1.27. The van der Waals surface area contributed by atoms with Gasteiger partial charge >= 0.3 is 0 Å². The van der Waals surface area contributed by atoms with Crippen molar-refractivity contribution in [2.75, 3.05) is 23.7 Å². The number of aliphatic hydroxyl groups is 1. The number of aliphatic hydroxyl groups excluding tert-OH is 1. The van der Waals surface area contributed by atoms with Crippen LogP contribution in [-0.2, 0) is 10.0 Å². The van der Waals surface area contributed by atoms with Crippen molar-refractivity contribution in [3.05, 3.63) is 54.1 Å². The van der Waals surface area contributed by atoms with E-state index in [0.717, 1.165) is 24.1 Å². The average Bonchev–Trinajstić information content (AvgIpc) is 3.18. The highest BCUT2D eigenvalue weighted by atomic mass is 32.2. The van der Waals surface area contributed by atoms with Crippen molar-refractivity contribution in [1.82, 2.24) is 4.31 Å². The largest absolute Gasteiger partial charge is 0.389 e. The van der Waals surface area contributed by atoms with Crippen LogP contribution in [0.15, 0.2) is 53.4 Å². The van der Waals surface area contributed by atoms with E-state index >= 15 is 0 Å². The second-order valence-electron chi connectivity index (χ2n) is 6.52. The van der Waals surface area contributed by atoms with Gasteiger partial charge in [0, 0.05) is 24.5 Å². The molecule has 0 aliphatic carbocycles. The summed E-state index contributed by atoms with van der Waals surface area (Å²) in [5.41, 5.74) is 2.25. The third-order valence-corrected chi connectivity index (χ3v) is 6.56. The van der Waals surface area contributed by atoms with Crippen molar-refractivity contribution >= 4 is 38.7 Å². The molecule has 0 radical (unpaired) electrons. The van der Waals surface area contributed by atoms with E-state index in [-0.39, 0.29) is 0 Å². The Morgan fingerprint density at radius 1 is 1.07 bits per heavy atom. The Kier molecular flexibility index (Phi) is 6.11. The van der Waals surface area contributed by atoms with Crippen LogP contribution in [0.2, 0.25) is 0 Å². The minimum Gasteiger partial charge on any atom is -0.389 e. The molecular weight excluding hydrogens is 382 g/mol. The van der Waals surface area contributed by atoms with Gasteiger partial charge in [-0.2, -0.15) is 4.31 Å². The Labute approximate surface area is 165 Å². The number of rotatable bonds is 5. The van der Waals surface area contributed by atoms with Crippen LogP contribution in [0, 0.1) is 0 Å². The normalized spacial score (nSPS) is 16.1. The van der Waals surface area contributed by atoms with Crippen molar-refractivity contribution in [3.8, 4) is 0 Å². The van der Waals surface area contributed by atoms with E-state index < -0.39 is 16.1 Å². The standard InChI is InChI=1S/C19H23N3O3S2/c1-14(23)15-5-4-6-17(13-15)21-19(26)20-16-7-9-18(10-8-16)27(24,25)22-11-2-3-12-22/h4-10,13-14,23H,2-3,11-12H2,1H3,(H2,20,21,26)/t14-/m0/s1. The Hall–Kier alpha value is -2.00. The van der Waals surface area contributed by atoms with Crippen molar-refractivity contribution in [3.63, 3.8) is 0 Å². The zero-order valence-electron chi connectivity index (χ0n) is 15.1. The first kappa shape index (κ1) is 19.8. The van der Waals surface area contributed by atoms with Crippen LogP contribution in [0.4, 0.5) is 11.4 Å². The SMILES string of the molecule is C[C@H](O)c1cccc(NC(=S)Nc2ccc(S(=O)(=O)N3CCCC3)cc2)c1. The Bertz CT molecular complexity index is 906. The molecule has 27 heavy (non-hydrogen) atoms. The van der Waals surface area contributed by atoms with Gasteiger partial charge in [0.05, 0.1) is 11.0 Å². The monoisotopic (exact) mass is 405 g/mol. The maximum absolute atomic E-state index is 12.5. The van der Waals surface area contributed by atoms with Gasteiger partial charge in [-0.3, -0.25) is 0 Å². The van der Waals surface area contributed by atoms with Crippen molar-refractivity contribution in [2.45, 2.75) is 30.8 Å². The summed E-state index contributed by atoms with van der Waals surface area (Å²) in [5, 5.41) is 16.1. The number of thiocarbonyl (C=S) groups is 1. The van der Waals surface area contributed by atoms with Crippen molar-refractivity contribution in [2.24, 2.45) is 0 Å². The van der Waals surface area contributed by atoms with Crippen LogP contribution in [0.5, 0.6) is 0 Å². The van der Waals surface area contributed by atoms with Crippen LogP contribution in [0.1, 0.15) is 31.4 Å². The lowest BCUT2D eigenvalue weighted by atomic mass is 10.1. The summed E-state index contributed by atoms with van der Waals surface area (Å²) >= 11 is 5.31. The fraction of sp³-hybridized carbons (Fsp3) is 0.316. The van der Waals surface area contributed by atoms with E-state index in [1.165, 1.54) is 4.31 Å². The molecule has 2 aromatic carbocycles. The molecule has 0 unspecified atom stereocenters. The molecule has 0 bridgehead atoms. The van der Waals surface area contributed by atoms with E-state index in [1.54, 1.807) is 31.2 Å². The van der Waals surface area contributed by atoms with Gasteiger partial charge in [0.2, 0.25) is 10.0 Å². The molecular formula is C19H23N3O3S2. The van der Waals surface area contributed by atoms with Gasteiger partial charge in [-0.1, -0.05) is 12.1 Å². The Morgan fingerprint density at radius 2 is 1.70 bits per heavy atom. The third-order valence-electron chi connectivity index (χ3n) is 4.44. The predicted octanol–water partition coefficient (Wildman–Crippen LogP) is 3.33. The molecule has 1 saturated heterocycles. The molecule has 0 aromatic heterocycles. The van der Waals surface area contributed by atoms with Crippen molar-refractivity contribution in [1.29, 1.82) is 0 Å². The zero-order chi connectivity index (χ0) is 19.4. The van der Waals surface area contributed by atoms with E-state index in [4.69, 9.17) is 12.2 Å². The van der Waals surface area contributed by atoms with E-state index in [2.05, 4.69) is 10.6 Å². The number of hydrogen-bond donors (Lipinski definition) is 3. The smallest absolute Gasteiger partial charge is 0.243 e. The molecule has 3 N–H and O–H groups in total. The molecule has 6 nitrogen and oxygen atoms in total. The molecule has 1 aliphatic heterocycles. The van der Waals surface area contributed by atoms with Crippen LogP contribution in [0.3, 0.4) is 0 Å². The lowest BCUT2D eigenvalue weighted by Gasteiger charge is -2.16. The Balaban J connectivity index is 1.64. The number of benzene rings is 2. The first-order chi connectivity index (χ1) is 12.9. The highest BCUT2D eigenvalue weighted by Gasteiger charge is 2.26. The topological polar surface area (TPSA) is 81.7 Å². The molecule has 1 atom stereocenters. The highest BCUT2D eigenvalue weighted by molar-refractivity contribution is 7.89. The summed E-state index contributed by atoms with van der Waals surface area (Å²) in [4.78, 5) is 0.290. The molecule has 8 heteroatoms. The molecule has 1 aliphatic rings. The summed E-state index contributed by atoms with van der Waals surface area (Å²) < 4.78 is 26.6. The van der Waals surface area contributed by atoms with Crippen LogP contribution in [0.25, 0.3) is 0 Å². The zero-order valence-corrected chi connectivity index (χ0v) is 16.7. The summed E-state index contributed by atoms with van der Waals surface area (Å²) in [6, 6.07) is 13.9. The van der Waals surface area contributed by atoms with Crippen molar-refractivity contribution < 1.29 is 13.5 Å². The number of anilines is 2. The Morgan fingerprint density at radius 3 is 2.33 bits per heavy atom. The van der Waals surface area contributed by atoms with Gasteiger partial charge in [-0.15, -0.1) is 0 Å². The number of hydrogen-bond acceptors (Lipinski definition) is 4. The summed E-state index contributed by atoms with van der Waals surface area (Å²) in [7, 11) is -3.41. The van der Waals surface area contributed by atoms with Crippen LogP contribution >= 0.6 is 12.2 Å². The number of sulfonamides is 1. The number of nitrogens with one attached hydrogen (secondary N) is 2. The van der Waals surface area contributed by atoms with Gasteiger partial charge in [0.15, 0.2) is 5.11 Å². The first-order valence-electron chi connectivity index (χ1n) is 8.82. The van der Waals surface area contributed by atoms with E-state index in [1.807, 2.05) is 24.3 Å². The summed E-state index contributed by atoms with van der Waals surface area (Å²) in [6.45, 7) is 2.87. The molecule has 0 saturated carbocycles. The molecule has 0 amide bonds. The van der Waals surface area contributed by atoms with Gasteiger partial charge in [-0.25, -0.2) is 8.42 Å². The van der Waals surface area contributed by atoms with Gasteiger partial charge in [-0.05, 0) is 73.9 Å². The fourth-order valence-corrected chi connectivity index (χ4v) is 4.71. The first-order valence-corrected chi connectivity index (χ1v) is 10.7. The maximum Gasteiger partial charge on any atom is 0.243 e. The molecule has 1 fully saturated rings.